The third kappa shape index (κ3) is 4.29. The first kappa shape index (κ1) is 12.0. The summed E-state index contributed by atoms with van der Waals surface area (Å²) in [6.45, 7) is 7.65. The molecule has 0 unspecified atom stereocenters. The molecule has 0 aromatic rings. The van der Waals surface area contributed by atoms with Gasteiger partial charge in [0, 0.05) is 18.6 Å². The number of amides is 2. The summed E-state index contributed by atoms with van der Waals surface area (Å²) in [5.41, 5.74) is -0.0757. The number of hydrogen-bond acceptors (Lipinski definition) is 3. The highest BCUT2D eigenvalue weighted by molar-refractivity contribution is 5.86. The monoisotopic (exact) mass is 213 g/mol. The maximum atomic E-state index is 11.7. The van der Waals surface area contributed by atoms with E-state index in [1.165, 1.54) is 0 Å². The predicted octanol–water partition coefficient (Wildman–Crippen LogP) is -0.667. The fourth-order valence-electron chi connectivity index (χ4n) is 1.30. The Morgan fingerprint density at radius 1 is 1.53 bits per heavy atom. The Kier molecular flexibility index (Phi) is 3.68. The van der Waals surface area contributed by atoms with Gasteiger partial charge in [-0.05, 0) is 20.8 Å². The number of carbonyl (C=O) groups is 2. The van der Waals surface area contributed by atoms with E-state index in [9.17, 15) is 9.59 Å². The van der Waals surface area contributed by atoms with Crippen LogP contribution in [0.15, 0.2) is 0 Å². The molecule has 1 aliphatic heterocycles. The molecule has 1 aliphatic rings. The Labute approximate surface area is 90.2 Å². The van der Waals surface area contributed by atoms with Gasteiger partial charge >= 0.3 is 0 Å². The van der Waals surface area contributed by atoms with Crippen LogP contribution in [0.3, 0.4) is 0 Å². The van der Waals surface area contributed by atoms with Crippen LogP contribution in [0, 0.1) is 0 Å². The summed E-state index contributed by atoms with van der Waals surface area (Å²) in [6.07, 6.45) is 0. The molecule has 1 heterocycles. The van der Waals surface area contributed by atoms with Crippen LogP contribution >= 0.6 is 0 Å². The molecule has 2 amide bonds. The van der Waals surface area contributed by atoms with Crippen molar-refractivity contribution in [3.05, 3.63) is 0 Å². The van der Waals surface area contributed by atoms with Crippen molar-refractivity contribution >= 4 is 11.8 Å². The van der Waals surface area contributed by atoms with Crippen LogP contribution in [-0.4, -0.2) is 48.4 Å². The first-order chi connectivity index (χ1) is 6.88. The average Bonchev–Trinajstić information content (AvgIpc) is 2.13. The van der Waals surface area contributed by atoms with Crippen molar-refractivity contribution in [1.82, 2.24) is 15.5 Å². The molecule has 2 N–H and O–H groups in total. The second-order valence-electron chi connectivity index (χ2n) is 4.77. The number of rotatable bonds is 2. The SMILES string of the molecule is CC(C)(C)NCC(=O)N1CCNC(=O)C1. The summed E-state index contributed by atoms with van der Waals surface area (Å²) < 4.78 is 0. The Balaban J connectivity index is 2.36. The standard InChI is InChI=1S/C10H19N3O2/c1-10(2,3)12-6-9(15)13-5-4-11-8(14)7-13/h12H,4-7H2,1-3H3,(H,11,14). The zero-order valence-corrected chi connectivity index (χ0v) is 9.59. The highest BCUT2D eigenvalue weighted by atomic mass is 16.2. The van der Waals surface area contributed by atoms with Crippen molar-refractivity contribution in [1.29, 1.82) is 0 Å². The van der Waals surface area contributed by atoms with E-state index in [-0.39, 0.29) is 30.4 Å². The summed E-state index contributed by atoms with van der Waals surface area (Å²) in [7, 11) is 0. The third-order valence-corrected chi connectivity index (χ3v) is 2.16. The van der Waals surface area contributed by atoms with E-state index in [0.29, 0.717) is 13.1 Å². The van der Waals surface area contributed by atoms with Crippen molar-refractivity contribution in [2.75, 3.05) is 26.2 Å². The van der Waals surface area contributed by atoms with Crippen molar-refractivity contribution in [3.8, 4) is 0 Å². The molecule has 1 saturated heterocycles. The quantitative estimate of drug-likeness (QED) is 0.639. The summed E-state index contributed by atoms with van der Waals surface area (Å²) in [5, 5.41) is 5.80. The maximum absolute atomic E-state index is 11.7. The molecule has 86 valence electrons. The molecule has 1 rings (SSSR count). The Bertz CT molecular complexity index is 258. The zero-order chi connectivity index (χ0) is 11.5. The van der Waals surface area contributed by atoms with Crippen LogP contribution in [0.4, 0.5) is 0 Å². The van der Waals surface area contributed by atoms with Crippen LogP contribution in [0.1, 0.15) is 20.8 Å². The summed E-state index contributed by atoms with van der Waals surface area (Å²) in [4.78, 5) is 24.3. The average molecular weight is 213 g/mol. The highest BCUT2D eigenvalue weighted by Crippen LogP contribution is 1.99. The second-order valence-corrected chi connectivity index (χ2v) is 4.77. The lowest BCUT2D eigenvalue weighted by Gasteiger charge is -2.28. The molecular weight excluding hydrogens is 194 g/mol. The minimum Gasteiger partial charge on any atom is -0.353 e. The first-order valence-electron chi connectivity index (χ1n) is 5.18. The first-order valence-corrected chi connectivity index (χ1v) is 5.18. The van der Waals surface area contributed by atoms with Crippen molar-refractivity contribution in [2.24, 2.45) is 0 Å². The minimum absolute atomic E-state index is 0.0141. The van der Waals surface area contributed by atoms with E-state index < -0.39 is 0 Å². The molecule has 5 nitrogen and oxygen atoms in total. The molecule has 5 heteroatoms. The van der Waals surface area contributed by atoms with Gasteiger partial charge in [0.05, 0.1) is 13.1 Å². The Morgan fingerprint density at radius 3 is 2.73 bits per heavy atom. The number of nitrogens with zero attached hydrogens (tertiary/aromatic N) is 1. The number of hydrogen-bond donors (Lipinski definition) is 2. The number of carbonyl (C=O) groups excluding carboxylic acids is 2. The fraction of sp³-hybridized carbons (Fsp3) is 0.800. The molecular formula is C10H19N3O2. The van der Waals surface area contributed by atoms with Gasteiger partial charge in [0.15, 0.2) is 0 Å². The zero-order valence-electron chi connectivity index (χ0n) is 9.59. The van der Waals surface area contributed by atoms with Gasteiger partial charge < -0.3 is 15.5 Å². The van der Waals surface area contributed by atoms with Crippen LogP contribution < -0.4 is 10.6 Å². The van der Waals surface area contributed by atoms with Gasteiger partial charge in [-0.2, -0.15) is 0 Å². The molecule has 0 atom stereocenters. The topological polar surface area (TPSA) is 61.4 Å². The van der Waals surface area contributed by atoms with Crippen molar-refractivity contribution in [3.63, 3.8) is 0 Å². The molecule has 0 saturated carbocycles. The Morgan fingerprint density at radius 2 is 2.20 bits per heavy atom. The van der Waals surface area contributed by atoms with Crippen LogP contribution in [-0.2, 0) is 9.59 Å². The smallest absolute Gasteiger partial charge is 0.239 e. The van der Waals surface area contributed by atoms with E-state index >= 15 is 0 Å². The molecule has 0 radical (unpaired) electrons. The molecule has 0 aromatic carbocycles. The number of piperazine rings is 1. The van der Waals surface area contributed by atoms with Gasteiger partial charge in [-0.3, -0.25) is 9.59 Å². The number of nitrogens with one attached hydrogen (secondary N) is 2. The molecule has 0 bridgehead atoms. The van der Waals surface area contributed by atoms with E-state index in [4.69, 9.17) is 0 Å². The Hall–Kier alpha value is -1.10. The normalized spacial score (nSPS) is 17.5. The van der Waals surface area contributed by atoms with E-state index in [1.54, 1.807) is 4.90 Å². The summed E-state index contributed by atoms with van der Waals surface area (Å²) in [5.74, 6) is -0.0925. The lowest BCUT2D eigenvalue weighted by atomic mass is 10.1. The second kappa shape index (κ2) is 4.61. The predicted molar refractivity (Wildman–Crippen MR) is 57.3 cm³/mol. The van der Waals surface area contributed by atoms with Crippen molar-refractivity contribution in [2.45, 2.75) is 26.3 Å². The molecule has 0 spiro atoms. The van der Waals surface area contributed by atoms with E-state index in [2.05, 4.69) is 10.6 Å². The van der Waals surface area contributed by atoms with E-state index in [0.717, 1.165) is 0 Å². The lowest BCUT2D eigenvalue weighted by molar-refractivity contribution is -0.137. The van der Waals surface area contributed by atoms with Gasteiger partial charge in [-0.25, -0.2) is 0 Å². The van der Waals surface area contributed by atoms with Gasteiger partial charge in [0.2, 0.25) is 11.8 Å². The van der Waals surface area contributed by atoms with Crippen LogP contribution in [0.5, 0.6) is 0 Å². The van der Waals surface area contributed by atoms with Gasteiger partial charge in [-0.1, -0.05) is 0 Å². The molecule has 0 aromatic heterocycles. The van der Waals surface area contributed by atoms with Crippen LogP contribution in [0.25, 0.3) is 0 Å². The maximum Gasteiger partial charge on any atom is 0.239 e. The fourth-order valence-corrected chi connectivity index (χ4v) is 1.30. The highest BCUT2D eigenvalue weighted by Gasteiger charge is 2.21. The minimum atomic E-state index is -0.0784. The largest absolute Gasteiger partial charge is 0.353 e. The summed E-state index contributed by atoms with van der Waals surface area (Å²) in [6, 6.07) is 0. The molecule has 15 heavy (non-hydrogen) atoms. The summed E-state index contributed by atoms with van der Waals surface area (Å²) >= 11 is 0. The van der Waals surface area contributed by atoms with Gasteiger partial charge in [0.1, 0.15) is 0 Å². The van der Waals surface area contributed by atoms with Gasteiger partial charge in [-0.15, -0.1) is 0 Å². The van der Waals surface area contributed by atoms with E-state index in [1.807, 2.05) is 20.8 Å². The van der Waals surface area contributed by atoms with Gasteiger partial charge in [0.25, 0.3) is 0 Å². The molecule has 0 aliphatic carbocycles. The lowest BCUT2D eigenvalue weighted by Crippen LogP contribution is -2.53. The van der Waals surface area contributed by atoms with Crippen molar-refractivity contribution < 1.29 is 9.59 Å². The third-order valence-electron chi connectivity index (χ3n) is 2.16. The van der Waals surface area contributed by atoms with Crippen LogP contribution in [0.2, 0.25) is 0 Å². The molecule has 1 fully saturated rings.